The number of aliphatic hydroxyl groups is 1. The van der Waals surface area contributed by atoms with Crippen LogP contribution in [-0.2, 0) is 4.74 Å². The summed E-state index contributed by atoms with van der Waals surface area (Å²) in [5.74, 6) is 1.00. The molecule has 0 bridgehead atoms. The van der Waals surface area contributed by atoms with E-state index in [-0.39, 0.29) is 5.76 Å². The third-order valence-corrected chi connectivity index (χ3v) is 2.39. The van der Waals surface area contributed by atoms with Crippen LogP contribution in [0.5, 0.6) is 0 Å². The van der Waals surface area contributed by atoms with Gasteiger partial charge in [0.15, 0.2) is 0 Å². The molecule has 0 aliphatic carbocycles. The fraction of sp³-hybridized carbons (Fsp3) is 0.500. The minimum atomic E-state index is 0.283. The first-order valence-corrected chi connectivity index (χ1v) is 4.75. The summed E-state index contributed by atoms with van der Waals surface area (Å²) in [5, 5.41) is 9.36. The van der Waals surface area contributed by atoms with E-state index in [0.29, 0.717) is 0 Å². The van der Waals surface area contributed by atoms with Crippen LogP contribution in [0.2, 0.25) is 0 Å². The average molecular weight is 196 g/mol. The minimum Gasteiger partial charge on any atom is -0.512 e. The van der Waals surface area contributed by atoms with Crippen LogP contribution < -0.4 is 0 Å². The molecular formula is C12H20O2. The molecule has 0 aromatic rings. The van der Waals surface area contributed by atoms with Gasteiger partial charge in [0.2, 0.25) is 0 Å². The Morgan fingerprint density at radius 2 is 1.71 bits per heavy atom. The molecule has 0 aliphatic rings. The lowest BCUT2D eigenvalue weighted by molar-refractivity contribution is 0.289. The molecule has 1 N–H and O–H groups in total. The lowest BCUT2D eigenvalue weighted by Gasteiger charge is -2.13. The Kier molecular flexibility index (Phi) is 5.06. The Balaban J connectivity index is 5.25. The molecule has 2 nitrogen and oxygen atoms in total. The van der Waals surface area contributed by atoms with Gasteiger partial charge < -0.3 is 9.84 Å². The third-order valence-electron chi connectivity index (χ3n) is 2.39. The van der Waals surface area contributed by atoms with E-state index in [9.17, 15) is 5.11 Å². The maximum Gasteiger partial charge on any atom is 0.128 e. The van der Waals surface area contributed by atoms with Gasteiger partial charge in [-0.1, -0.05) is 13.5 Å². The van der Waals surface area contributed by atoms with Crippen molar-refractivity contribution in [3.63, 3.8) is 0 Å². The first-order valence-electron chi connectivity index (χ1n) is 4.75. The lowest BCUT2D eigenvalue weighted by Crippen LogP contribution is -1.98. The van der Waals surface area contributed by atoms with Crippen molar-refractivity contribution in [1.29, 1.82) is 0 Å². The summed E-state index contributed by atoms with van der Waals surface area (Å²) in [4.78, 5) is 0. The van der Waals surface area contributed by atoms with Crippen molar-refractivity contribution >= 4 is 0 Å². The molecule has 0 fully saturated rings. The summed E-state index contributed by atoms with van der Waals surface area (Å²) < 4.78 is 5.26. The van der Waals surface area contributed by atoms with Crippen molar-refractivity contribution in [2.24, 2.45) is 0 Å². The zero-order chi connectivity index (χ0) is 11.3. The Hall–Kier alpha value is -1.18. The SMILES string of the molecule is C=C(CC)/C(C)=C(OC)\C(C)=C(/C)O. The van der Waals surface area contributed by atoms with Crippen LogP contribution >= 0.6 is 0 Å². The second-order valence-electron chi connectivity index (χ2n) is 3.33. The van der Waals surface area contributed by atoms with Gasteiger partial charge in [-0.05, 0) is 38.3 Å². The molecule has 0 radical (unpaired) electrons. The van der Waals surface area contributed by atoms with E-state index in [2.05, 4.69) is 6.58 Å². The molecule has 0 aromatic heterocycles. The van der Waals surface area contributed by atoms with Crippen molar-refractivity contribution in [2.45, 2.75) is 34.1 Å². The van der Waals surface area contributed by atoms with Crippen molar-refractivity contribution in [2.75, 3.05) is 7.11 Å². The summed E-state index contributed by atoms with van der Waals surface area (Å²) in [6, 6.07) is 0. The van der Waals surface area contributed by atoms with Crippen LogP contribution in [-0.4, -0.2) is 12.2 Å². The van der Waals surface area contributed by atoms with Gasteiger partial charge in [-0.3, -0.25) is 0 Å². The van der Waals surface area contributed by atoms with Crippen LogP contribution in [0.15, 0.2) is 34.8 Å². The zero-order valence-corrected chi connectivity index (χ0v) is 9.77. The average Bonchev–Trinajstić information content (AvgIpc) is 2.17. The van der Waals surface area contributed by atoms with E-state index in [4.69, 9.17) is 4.74 Å². The molecule has 80 valence electrons. The largest absolute Gasteiger partial charge is 0.512 e. The standard InChI is InChI=1S/C12H20O2/c1-7-8(2)9(3)12(14-6)10(4)11(5)13/h13H,2,7H2,1,3-6H3/b11-10+,12-9+. The Morgan fingerprint density at radius 1 is 1.21 bits per heavy atom. The predicted molar refractivity (Wildman–Crippen MR) is 60.1 cm³/mol. The van der Waals surface area contributed by atoms with Gasteiger partial charge in [0, 0.05) is 5.57 Å². The van der Waals surface area contributed by atoms with E-state index in [0.717, 1.165) is 28.9 Å². The summed E-state index contributed by atoms with van der Waals surface area (Å²) in [7, 11) is 1.61. The number of rotatable bonds is 4. The Labute approximate surface area is 86.6 Å². The molecule has 14 heavy (non-hydrogen) atoms. The lowest BCUT2D eigenvalue weighted by atomic mass is 10.0. The van der Waals surface area contributed by atoms with Crippen molar-refractivity contribution in [3.8, 4) is 0 Å². The summed E-state index contributed by atoms with van der Waals surface area (Å²) >= 11 is 0. The number of allylic oxidation sites excluding steroid dienone is 4. The topological polar surface area (TPSA) is 29.5 Å². The summed E-state index contributed by atoms with van der Waals surface area (Å²) in [5.41, 5.74) is 2.79. The molecule has 0 saturated heterocycles. The highest BCUT2D eigenvalue weighted by Gasteiger charge is 2.09. The molecule has 0 aromatic carbocycles. The maximum atomic E-state index is 9.36. The van der Waals surface area contributed by atoms with Gasteiger partial charge in [0.1, 0.15) is 5.76 Å². The molecule has 0 heterocycles. The van der Waals surface area contributed by atoms with Crippen molar-refractivity contribution in [3.05, 3.63) is 34.8 Å². The Bertz CT molecular complexity index is 279. The minimum absolute atomic E-state index is 0.283. The molecule has 0 amide bonds. The first-order chi connectivity index (χ1) is 6.45. The number of hydrogen-bond donors (Lipinski definition) is 1. The monoisotopic (exact) mass is 196 g/mol. The highest BCUT2D eigenvalue weighted by atomic mass is 16.5. The van der Waals surface area contributed by atoms with E-state index in [1.807, 2.05) is 20.8 Å². The van der Waals surface area contributed by atoms with Gasteiger partial charge >= 0.3 is 0 Å². The molecule has 0 atom stereocenters. The van der Waals surface area contributed by atoms with Crippen LogP contribution in [0, 0.1) is 0 Å². The third kappa shape index (κ3) is 2.95. The van der Waals surface area contributed by atoms with Gasteiger partial charge in [-0.25, -0.2) is 0 Å². The molecule has 0 aliphatic heterocycles. The van der Waals surface area contributed by atoms with Crippen LogP contribution in [0.4, 0.5) is 0 Å². The second-order valence-corrected chi connectivity index (χ2v) is 3.33. The van der Waals surface area contributed by atoms with Crippen LogP contribution in [0.25, 0.3) is 0 Å². The van der Waals surface area contributed by atoms with Crippen LogP contribution in [0.3, 0.4) is 0 Å². The predicted octanol–water partition coefficient (Wildman–Crippen LogP) is 3.72. The molecule has 0 saturated carbocycles. The molecule has 0 unspecified atom stereocenters. The second kappa shape index (κ2) is 5.53. The van der Waals surface area contributed by atoms with Crippen molar-refractivity contribution < 1.29 is 9.84 Å². The fourth-order valence-electron chi connectivity index (χ4n) is 1.18. The molecular weight excluding hydrogens is 176 g/mol. The van der Waals surface area contributed by atoms with Crippen LogP contribution in [0.1, 0.15) is 34.1 Å². The van der Waals surface area contributed by atoms with E-state index in [1.54, 1.807) is 14.0 Å². The first kappa shape index (κ1) is 12.8. The van der Waals surface area contributed by atoms with Gasteiger partial charge in [0.25, 0.3) is 0 Å². The maximum absolute atomic E-state index is 9.36. The highest BCUT2D eigenvalue weighted by molar-refractivity contribution is 5.38. The van der Waals surface area contributed by atoms with Gasteiger partial charge in [-0.15, -0.1) is 0 Å². The quantitative estimate of drug-likeness (QED) is 0.548. The molecule has 2 heteroatoms. The fourth-order valence-corrected chi connectivity index (χ4v) is 1.18. The zero-order valence-electron chi connectivity index (χ0n) is 9.77. The number of hydrogen-bond acceptors (Lipinski definition) is 2. The van der Waals surface area contributed by atoms with E-state index in [1.165, 1.54) is 0 Å². The van der Waals surface area contributed by atoms with E-state index >= 15 is 0 Å². The normalized spacial score (nSPS) is 14.4. The van der Waals surface area contributed by atoms with E-state index < -0.39 is 0 Å². The number of ether oxygens (including phenoxy) is 1. The smallest absolute Gasteiger partial charge is 0.128 e. The Morgan fingerprint density at radius 3 is 2.00 bits per heavy atom. The molecule has 0 rings (SSSR count). The van der Waals surface area contributed by atoms with Crippen molar-refractivity contribution in [1.82, 2.24) is 0 Å². The number of aliphatic hydroxyl groups excluding tert-OH is 1. The number of methoxy groups -OCH3 is 1. The highest BCUT2D eigenvalue weighted by Crippen LogP contribution is 2.23. The summed E-state index contributed by atoms with van der Waals surface area (Å²) in [6.07, 6.45) is 0.885. The summed E-state index contributed by atoms with van der Waals surface area (Å²) in [6.45, 7) is 11.4. The van der Waals surface area contributed by atoms with Gasteiger partial charge in [0.05, 0.1) is 12.9 Å². The molecule has 0 spiro atoms. The van der Waals surface area contributed by atoms with Gasteiger partial charge in [-0.2, -0.15) is 0 Å².